The number of rotatable bonds is 7. The number of benzene rings is 3. The van der Waals surface area contributed by atoms with Crippen molar-refractivity contribution in [3.05, 3.63) is 97.0 Å². The second-order valence-electron chi connectivity index (χ2n) is 7.42. The van der Waals surface area contributed by atoms with Crippen LogP contribution in [-0.2, 0) is 17.9 Å². The number of amides is 3. The lowest BCUT2D eigenvalue weighted by Gasteiger charge is -2.14. The van der Waals surface area contributed by atoms with E-state index in [0.29, 0.717) is 26.6 Å². The van der Waals surface area contributed by atoms with Gasteiger partial charge in [-0.25, -0.2) is 4.79 Å². The summed E-state index contributed by atoms with van der Waals surface area (Å²) in [6.45, 7) is 0.436. The first-order chi connectivity index (χ1) is 16.4. The van der Waals surface area contributed by atoms with Crippen LogP contribution < -0.4 is 14.8 Å². The monoisotopic (exact) mass is 604 g/mol. The van der Waals surface area contributed by atoms with E-state index in [-0.39, 0.29) is 18.8 Å². The fourth-order valence-corrected chi connectivity index (χ4v) is 4.41. The van der Waals surface area contributed by atoms with Crippen molar-refractivity contribution in [2.45, 2.75) is 13.2 Å². The third-order valence-corrected chi connectivity index (χ3v) is 6.60. The highest BCUT2D eigenvalue weighted by Gasteiger charge is 2.33. The minimum Gasteiger partial charge on any atom is -0.493 e. The highest BCUT2D eigenvalue weighted by molar-refractivity contribution is 9.10. The molecular weight excluding hydrogens is 588 g/mol. The van der Waals surface area contributed by atoms with Gasteiger partial charge < -0.3 is 14.8 Å². The summed E-state index contributed by atoms with van der Waals surface area (Å²) in [5.74, 6) is 0.571. The Morgan fingerprint density at radius 1 is 1.06 bits per heavy atom. The maximum Gasteiger partial charge on any atom is 0.329 e. The maximum absolute atomic E-state index is 12.9. The summed E-state index contributed by atoms with van der Waals surface area (Å²) in [6, 6.07) is 17.9. The zero-order chi connectivity index (χ0) is 24.2. The molecule has 9 heteroatoms. The number of hydrogen-bond acceptors (Lipinski definition) is 4. The van der Waals surface area contributed by atoms with E-state index >= 15 is 0 Å². The van der Waals surface area contributed by atoms with Gasteiger partial charge in [0, 0.05) is 15.1 Å². The molecule has 1 saturated heterocycles. The minimum absolute atomic E-state index is 0.178. The number of imide groups is 1. The second kappa shape index (κ2) is 10.6. The van der Waals surface area contributed by atoms with Gasteiger partial charge in [0.1, 0.15) is 12.3 Å². The summed E-state index contributed by atoms with van der Waals surface area (Å²) in [7, 11) is 1.53. The van der Waals surface area contributed by atoms with Crippen molar-refractivity contribution in [1.82, 2.24) is 10.2 Å². The number of nitrogens with zero attached hydrogens (tertiary/aromatic N) is 1. The highest BCUT2D eigenvalue weighted by atomic mass is 79.9. The Balaban J connectivity index is 1.53. The van der Waals surface area contributed by atoms with E-state index < -0.39 is 11.9 Å². The van der Waals surface area contributed by atoms with Crippen molar-refractivity contribution in [1.29, 1.82) is 0 Å². The molecule has 4 rings (SSSR count). The average molecular weight is 607 g/mol. The van der Waals surface area contributed by atoms with Crippen LogP contribution in [0.3, 0.4) is 0 Å². The number of carbonyl (C=O) groups is 2. The zero-order valence-electron chi connectivity index (χ0n) is 18.0. The van der Waals surface area contributed by atoms with Crippen molar-refractivity contribution >= 4 is 61.5 Å². The standard InChI is InChI=1S/C25H19Br2ClN2O4/c1-33-22-12-16(10-19(27)23(22)34-14-17-4-2-3-5-20(17)28)11-21-24(31)30(25(32)29-21)13-15-6-8-18(26)9-7-15/h2-12H,13-14H2,1H3,(H,29,32)/b21-11-. The molecule has 0 spiro atoms. The Morgan fingerprint density at radius 2 is 1.79 bits per heavy atom. The number of halogens is 3. The van der Waals surface area contributed by atoms with Crippen LogP contribution in [0.4, 0.5) is 4.79 Å². The number of hydrogen-bond donors (Lipinski definition) is 1. The predicted molar refractivity (Wildman–Crippen MR) is 138 cm³/mol. The largest absolute Gasteiger partial charge is 0.493 e. The summed E-state index contributed by atoms with van der Waals surface area (Å²) in [6.07, 6.45) is 1.60. The predicted octanol–water partition coefficient (Wildman–Crippen LogP) is 6.55. The van der Waals surface area contributed by atoms with E-state index in [9.17, 15) is 9.59 Å². The van der Waals surface area contributed by atoms with E-state index in [1.54, 1.807) is 24.3 Å². The van der Waals surface area contributed by atoms with Crippen LogP contribution in [0.1, 0.15) is 16.7 Å². The topological polar surface area (TPSA) is 67.9 Å². The molecule has 1 aliphatic rings. The Labute approximate surface area is 218 Å². The van der Waals surface area contributed by atoms with Gasteiger partial charge in [0.25, 0.3) is 5.91 Å². The number of ether oxygens (including phenoxy) is 2. The van der Waals surface area contributed by atoms with Gasteiger partial charge in [-0.05, 0) is 63.5 Å². The lowest BCUT2D eigenvalue weighted by Crippen LogP contribution is -2.30. The SMILES string of the molecule is COc1cc(/C=C2\NC(=O)N(Cc3ccc(Br)cc3)C2=O)cc(Br)c1OCc1ccccc1Cl. The Bertz CT molecular complexity index is 1280. The van der Waals surface area contributed by atoms with Crippen molar-refractivity contribution in [2.24, 2.45) is 0 Å². The summed E-state index contributed by atoms with van der Waals surface area (Å²) in [5, 5.41) is 3.26. The van der Waals surface area contributed by atoms with Crippen LogP contribution in [0.25, 0.3) is 6.08 Å². The maximum atomic E-state index is 12.9. The molecule has 6 nitrogen and oxygen atoms in total. The normalized spacial score (nSPS) is 14.5. The second-order valence-corrected chi connectivity index (χ2v) is 9.60. The molecule has 0 saturated carbocycles. The summed E-state index contributed by atoms with van der Waals surface area (Å²) >= 11 is 13.1. The number of methoxy groups -OCH3 is 1. The molecule has 1 N–H and O–H groups in total. The minimum atomic E-state index is -0.468. The van der Waals surface area contributed by atoms with Gasteiger partial charge in [-0.3, -0.25) is 9.69 Å². The quantitative estimate of drug-likeness (QED) is 0.245. The van der Waals surface area contributed by atoms with Gasteiger partial charge in [0.2, 0.25) is 0 Å². The molecule has 0 aliphatic carbocycles. The molecule has 34 heavy (non-hydrogen) atoms. The first kappa shape index (κ1) is 24.3. The van der Waals surface area contributed by atoms with Crippen LogP contribution in [0.15, 0.2) is 75.3 Å². The number of urea groups is 1. The Morgan fingerprint density at radius 3 is 2.50 bits per heavy atom. The molecule has 0 radical (unpaired) electrons. The van der Waals surface area contributed by atoms with Gasteiger partial charge in [-0.1, -0.05) is 57.9 Å². The van der Waals surface area contributed by atoms with Crippen molar-refractivity contribution in [2.75, 3.05) is 7.11 Å². The van der Waals surface area contributed by atoms with E-state index in [4.69, 9.17) is 21.1 Å². The lowest BCUT2D eigenvalue weighted by molar-refractivity contribution is -0.123. The molecule has 0 unspecified atom stereocenters. The molecule has 3 aromatic carbocycles. The smallest absolute Gasteiger partial charge is 0.329 e. The fourth-order valence-electron chi connectivity index (χ4n) is 3.38. The van der Waals surface area contributed by atoms with Crippen LogP contribution in [-0.4, -0.2) is 23.9 Å². The third-order valence-electron chi connectivity index (χ3n) is 5.11. The van der Waals surface area contributed by atoms with Gasteiger partial charge in [0.05, 0.1) is 18.1 Å². The molecule has 1 fully saturated rings. The zero-order valence-corrected chi connectivity index (χ0v) is 21.9. The lowest BCUT2D eigenvalue weighted by atomic mass is 10.1. The van der Waals surface area contributed by atoms with Crippen molar-refractivity contribution < 1.29 is 19.1 Å². The first-order valence-electron chi connectivity index (χ1n) is 10.2. The average Bonchev–Trinajstić information content (AvgIpc) is 3.07. The number of carbonyl (C=O) groups excluding carboxylic acids is 2. The Kier molecular flexibility index (Phi) is 7.60. The van der Waals surface area contributed by atoms with Crippen LogP contribution >= 0.6 is 43.5 Å². The van der Waals surface area contributed by atoms with Gasteiger partial charge in [-0.2, -0.15) is 0 Å². The van der Waals surface area contributed by atoms with Crippen LogP contribution in [0.2, 0.25) is 5.02 Å². The third kappa shape index (κ3) is 5.46. The van der Waals surface area contributed by atoms with E-state index in [2.05, 4.69) is 37.2 Å². The van der Waals surface area contributed by atoms with Gasteiger partial charge in [0.15, 0.2) is 11.5 Å². The molecule has 0 atom stereocenters. The van der Waals surface area contributed by atoms with E-state index in [1.165, 1.54) is 12.0 Å². The summed E-state index contributed by atoms with van der Waals surface area (Å²) in [5.41, 5.74) is 2.52. The molecule has 1 heterocycles. The molecule has 3 amide bonds. The van der Waals surface area contributed by atoms with Gasteiger partial charge >= 0.3 is 6.03 Å². The molecule has 3 aromatic rings. The Hall–Kier alpha value is -2.81. The van der Waals surface area contributed by atoms with Crippen LogP contribution in [0.5, 0.6) is 11.5 Å². The summed E-state index contributed by atoms with van der Waals surface area (Å²) in [4.78, 5) is 26.5. The summed E-state index contributed by atoms with van der Waals surface area (Å²) < 4.78 is 13.0. The highest BCUT2D eigenvalue weighted by Crippen LogP contribution is 2.38. The van der Waals surface area contributed by atoms with Crippen molar-refractivity contribution in [3.63, 3.8) is 0 Å². The van der Waals surface area contributed by atoms with E-state index in [1.807, 2.05) is 42.5 Å². The molecule has 174 valence electrons. The molecule has 0 bridgehead atoms. The van der Waals surface area contributed by atoms with Gasteiger partial charge in [-0.15, -0.1) is 0 Å². The van der Waals surface area contributed by atoms with Crippen LogP contribution in [0, 0.1) is 0 Å². The molecule has 0 aromatic heterocycles. The number of nitrogens with one attached hydrogen (secondary N) is 1. The molecular formula is C25H19Br2ClN2O4. The van der Waals surface area contributed by atoms with E-state index in [0.717, 1.165) is 15.6 Å². The van der Waals surface area contributed by atoms with Crippen molar-refractivity contribution in [3.8, 4) is 11.5 Å². The fraction of sp³-hybridized carbons (Fsp3) is 0.120. The molecule has 1 aliphatic heterocycles. The first-order valence-corrected chi connectivity index (χ1v) is 12.1.